The summed E-state index contributed by atoms with van der Waals surface area (Å²) < 4.78 is 56.0. The minimum atomic E-state index is -3.81. The number of aryl methyl sites for hydroxylation is 2. The highest BCUT2D eigenvalue weighted by atomic mass is 32.2. The molecule has 0 unspecified atom stereocenters. The van der Waals surface area contributed by atoms with Crippen LogP contribution in [-0.2, 0) is 26.2 Å². The molecule has 152 valence electrons. The van der Waals surface area contributed by atoms with Crippen LogP contribution >= 0.6 is 0 Å². The Morgan fingerprint density at radius 1 is 1.07 bits per heavy atom. The first-order valence-electron chi connectivity index (χ1n) is 9.00. The van der Waals surface area contributed by atoms with E-state index >= 15 is 0 Å². The summed E-state index contributed by atoms with van der Waals surface area (Å²) in [5.41, 5.74) is 2.79. The molecule has 2 aromatic rings. The first-order valence-corrected chi connectivity index (χ1v) is 12.4. The molecular weight excluding hydrogens is 398 g/mol. The number of hydrogen-bond donors (Lipinski definition) is 1. The molecule has 0 aliphatic carbocycles. The normalized spacial score (nSPS) is 21.5. The average Bonchev–Trinajstić information content (AvgIpc) is 2.96. The first-order chi connectivity index (χ1) is 13.1. The predicted octanol–water partition coefficient (Wildman–Crippen LogP) is 2.04. The second kappa shape index (κ2) is 7.85. The minimum Gasteiger partial charge on any atom is -0.496 e. The highest BCUT2D eigenvalue weighted by Gasteiger charge is 2.45. The Bertz CT molecular complexity index is 1060. The fourth-order valence-corrected chi connectivity index (χ4v) is 8.27. The van der Waals surface area contributed by atoms with E-state index in [4.69, 9.17) is 4.74 Å². The van der Waals surface area contributed by atoms with Gasteiger partial charge in [-0.05, 0) is 43.2 Å². The van der Waals surface area contributed by atoms with E-state index in [-0.39, 0.29) is 16.4 Å². The highest BCUT2D eigenvalue weighted by molar-refractivity contribution is 7.96. The van der Waals surface area contributed by atoms with E-state index in [0.717, 1.165) is 11.1 Å². The number of nitrogens with one attached hydrogen (secondary N) is 1. The third kappa shape index (κ3) is 4.39. The predicted molar refractivity (Wildman–Crippen MR) is 109 cm³/mol. The molecule has 1 N–H and O–H groups in total. The van der Waals surface area contributed by atoms with Crippen molar-refractivity contribution in [1.82, 2.24) is 5.32 Å². The standard InChI is InChI=1S/C20H25NO5S2/c1-14-4-6-16(7-5-14)11-21-18-12-27(22,23)13-20(18)28(24,25)17-8-9-19(26-3)15(2)10-17/h4-10,18,20-21H,11-13H2,1-3H3/t18-,20-/m0/s1. The van der Waals surface area contributed by atoms with Crippen molar-refractivity contribution in [1.29, 1.82) is 0 Å². The zero-order valence-electron chi connectivity index (χ0n) is 16.2. The van der Waals surface area contributed by atoms with E-state index in [1.165, 1.54) is 19.2 Å². The van der Waals surface area contributed by atoms with Crippen LogP contribution in [0.15, 0.2) is 47.4 Å². The molecule has 0 radical (unpaired) electrons. The number of hydrogen-bond acceptors (Lipinski definition) is 6. The van der Waals surface area contributed by atoms with Gasteiger partial charge in [0.1, 0.15) is 5.75 Å². The molecule has 0 bridgehead atoms. The Balaban J connectivity index is 1.86. The quantitative estimate of drug-likeness (QED) is 0.765. The van der Waals surface area contributed by atoms with Crippen molar-refractivity contribution >= 4 is 19.7 Å². The van der Waals surface area contributed by atoms with E-state index in [1.54, 1.807) is 13.0 Å². The van der Waals surface area contributed by atoms with E-state index in [9.17, 15) is 16.8 Å². The molecule has 1 fully saturated rings. The Labute approximate surface area is 166 Å². The second-order valence-corrected chi connectivity index (χ2v) is 11.6. The van der Waals surface area contributed by atoms with Gasteiger partial charge in [-0.3, -0.25) is 0 Å². The minimum absolute atomic E-state index is 0.120. The van der Waals surface area contributed by atoms with Gasteiger partial charge in [0.25, 0.3) is 0 Å². The van der Waals surface area contributed by atoms with Crippen molar-refractivity contribution in [3.05, 3.63) is 59.2 Å². The van der Waals surface area contributed by atoms with Gasteiger partial charge in [-0.1, -0.05) is 29.8 Å². The molecule has 0 spiro atoms. The van der Waals surface area contributed by atoms with E-state index in [2.05, 4.69) is 5.32 Å². The first kappa shape index (κ1) is 20.8. The maximum absolute atomic E-state index is 13.2. The van der Waals surface area contributed by atoms with Crippen LogP contribution in [-0.4, -0.2) is 46.7 Å². The molecular formula is C20H25NO5S2. The third-order valence-electron chi connectivity index (χ3n) is 5.08. The molecule has 28 heavy (non-hydrogen) atoms. The van der Waals surface area contributed by atoms with Gasteiger partial charge in [-0.2, -0.15) is 0 Å². The van der Waals surface area contributed by atoms with Gasteiger partial charge in [0.05, 0.1) is 28.8 Å². The lowest BCUT2D eigenvalue weighted by atomic mass is 10.1. The van der Waals surface area contributed by atoms with Crippen molar-refractivity contribution in [3.63, 3.8) is 0 Å². The Kier molecular flexibility index (Phi) is 5.84. The summed E-state index contributed by atoms with van der Waals surface area (Å²) in [5, 5.41) is 2.14. The Hall–Kier alpha value is -1.90. The lowest BCUT2D eigenvalue weighted by molar-refractivity contribution is 0.411. The molecule has 1 aliphatic rings. The van der Waals surface area contributed by atoms with Crippen molar-refractivity contribution in [2.45, 2.75) is 36.6 Å². The summed E-state index contributed by atoms with van der Waals surface area (Å²) in [6, 6.07) is 11.8. The van der Waals surface area contributed by atoms with Crippen LogP contribution in [0.4, 0.5) is 0 Å². The van der Waals surface area contributed by atoms with E-state index in [1.807, 2.05) is 31.2 Å². The van der Waals surface area contributed by atoms with Crippen molar-refractivity contribution < 1.29 is 21.6 Å². The highest BCUT2D eigenvalue weighted by Crippen LogP contribution is 2.29. The van der Waals surface area contributed by atoms with E-state index in [0.29, 0.717) is 17.9 Å². The number of benzene rings is 2. The number of sulfone groups is 2. The molecule has 1 saturated heterocycles. The van der Waals surface area contributed by atoms with Crippen LogP contribution in [0, 0.1) is 13.8 Å². The van der Waals surface area contributed by atoms with Gasteiger partial charge < -0.3 is 10.1 Å². The van der Waals surface area contributed by atoms with Crippen LogP contribution in [0.2, 0.25) is 0 Å². The fourth-order valence-electron chi connectivity index (χ4n) is 3.47. The smallest absolute Gasteiger partial charge is 0.183 e. The van der Waals surface area contributed by atoms with Gasteiger partial charge in [0.15, 0.2) is 19.7 Å². The van der Waals surface area contributed by atoms with E-state index < -0.39 is 31.0 Å². The number of rotatable bonds is 6. The van der Waals surface area contributed by atoms with Gasteiger partial charge in [0.2, 0.25) is 0 Å². The summed E-state index contributed by atoms with van der Waals surface area (Å²) in [4.78, 5) is 0.120. The molecule has 3 rings (SSSR count). The van der Waals surface area contributed by atoms with Crippen LogP contribution in [0.5, 0.6) is 5.75 Å². The number of methoxy groups -OCH3 is 1. The molecule has 0 aromatic heterocycles. The maximum atomic E-state index is 13.2. The third-order valence-corrected chi connectivity index (χ3v) is 9.23. The monoisotopic (exact) mass is 423 g/mol. The second-order valence-electron chi connectivity index (χ2n) is 7.26. The van der Waals surface area contributed by atoms with Crippen molar-refractivity contribution in [2.75, 3.05) is 18.6 Å². The SMILES string of the molecule is COc1ccc(S(=O)(=O)[C@H]2CS(=O)(=O)C[C@@H]2NCc2ccc(C)cc2)cc1C. The van der Waals surface area contributed by atoms with Gasteiger partial charge in [-0.15, -0.1) is 0 Å². The van der Waals surface area contributed by atoms with Gasteiger partial charge in [-0.25, -0.2) is 16.8 Å². The Morgan fingerprint density at radius 3 is 2.36 bits per heavy atom. The van der Waals surface area contributed by atoms with Gasteiger partial charge >= 0.3 is 0 Å². The summed E-state index contributed by atoms with van der Waals surface area (Å²) in [6.07, 6.45) is 0. The summed E-state index contributed by atoms with van der Waals surface area (Å²) in [6.45, 7) is 4.16. The summed E-state index contributed by atoms with van der Waals surface area (Å²) >= 11 is 0. The molecule has 0 amide bonds. The maximum Gasteiger partial charge on any atom is 0.183 e. The molecule has 0 saturated carbocycles. The summed E-state index contributed by atoms with van der Waals surface area (Å²) in [5.74, 6) is 0.0381. The lowest BCUT2D eigenvalue weighted by Crippen LogP contribution is -2.43. The van der Waals surface area contributed by atoms with Crippen molar-refractivity contribution in [3.8, 4) is 5.75 Å². The van der Waals surface area contributed by atoms with Crippen LogP contribution in [0.1, 0.15) is 16.7 Å². The number of ether oxygens (including phenoxy) is 1. The Morgan fingerprint density at radius 2 is 1.75 bits per heavy atom. The average molecular weight is 424 g/mol. The molecule has 8 heteroatoms. The lowest BCUT2D eigenvalue weighted by Gasteiger charge is -2.20. The molecule has 1 heterocycles. The molecule has 2 aromatic carbocycles. The fraction of sp³-hybridized carbons (Fsp3) is 0.400. The van der Waals surface area contributed by atoms with Crippen molar-refractivity contribution in [2.24, 2.45) is 0 Å². The largest absolute Gasteiger partial charge is 0.496 e. The topological polar surface area (TPSA) is 89.5 Å². The van der Waals surface area contributed by atoms with Crippen LogP contribution in [0.3, 0.4) is 0 Å². The zero-order valence-corrected chi connectivity index (χ0v) is 17.8. The summed E-state index contributed by atoms with van der Waals surface area (Å²) in [7, 11) is -5.73. The van der Waals surface area contributed by atoms with Crippen LogP contribution in [0.25, 0.3) is 0 Å². The zero-order chi connectivity index (χ0) is 20.5. The molecule has 2 atom stereocenters. The van der Waals surface area contributed by atoms with Gasteiger partial charge in [0, 0.05) is 12.6 Å². The molecule has 6 nitrogen and oxygen atoms in total. The molecule has 1 aliphatic heterocycles. The van der Waals surface area contributed by atoms with Crippen LogP contribution < -0.4 is 10.1 Å².